The van der Waals surface area contributed by atoms with Crippen LogP contribution in [0.15, 0.2) is 23.0 Å². The summed E-state index contributed by atoms with van der Waals surface area (Å²) in [4.78, 5) is 42.7. The molecule has 10 heteroatoms. The van der Waals surface area contributed by atoms with E-state index >= 15 is 0 Å². The molecular formula is C28H37N3O7. The zero-order valence-corrected chi connectivity index (χ0v) is 22.5. The number of rotatable bonds is 7. The third-order valence-electron chi connectivity index (χ3n) is 8.31. The molecule has 4 rings (SSSR count). The number of aliphatic hydroxyl groups is 3. The van der Waals surface area contributed by atoms with Crippen LogP contribution in [0.5, 0.6) is 5.75 Å². The van der Waals surface area contributed by atoms with Gasteiger partial charge in [0.05, 0.1) is 11.6 Å². The second-order valence-corrected chi connectivity index (χ2v) is 11.1. The lowest BCUT2D eigenvalue weighted by Gasteiger charge is -2.50. The van der Waals surface area contributed by atoms with Gasteiger partial charge in [-0.3, -0.25) is 19.3 Å². The highest BCUT2D eigenvalue weighted by Crippen LogP contribution is 2.54. The molecule has 1 saturated carbocycles. The van der Waals surface area contributed by atoms with E-state index in [1.807, 2.05) is 25.1 Å². The number of anilines is 1. The van der Waals surface area contributed by atoms with Crippen LogP contribution in [0, 0.1) is 11.8 Å². The van der Waals surface area contributed by atoms with Gasteiger partial charge in [-0.1, -0.05) is 19.8 Å². The molecule has 206 valence electrons. The van der Waals surface area contributed by atoms with E-state index in [-0.39, 0.29) is 29.7 Å². The van der Waals surface area contributed by atoms with Crippen molar-refractivity contribution in [3.05, 3.63) is 39.7 Å². The largest absolute Gasteiger partial charge is 0.508 e. The van der Waals surface area contributed by atoms with Crippen LogP contribution < -0.4 is 10.6 Å². The summed E-state index contributed by atoms with van der Waals surface area (Å²) >= 11 is 0. The number of hydrogen-bond donors (Lipinski definition) is 5. The topological polar surface area (TPSA) is 165 Å². The van der Waals surface area contributed by atoms with Gasteiger partial charge in [-0.05, 0) is 62.9 Å². The van der Waals surface area contributed by atoms with Crippen LogP contribution in [0.25, 0.3) is 5.76 Å². The van der Waals surface area contributed by atoms with E-state index in [1.54, 1.807) is 14.1 Å². The fraction of sp³-hybridized carbons (Fsp3) is 0.536. The maximum Gasteiger partial charge on any atom is 0.255 e. The maximum atomic E-state index is 14.0. The molecule has 1 aromatic carbocycles. The molecule has 1 fully saturated rings. The molecule has 0 radical (unpaired) electrons. The summed E-state index contributed by atoms with van der Waals surface area (Å²) in [7, 11) is 6.88. The lowest BCUT2D eigenvalue weighted by molar-refractivity contribution is -0.153. The minimum atomic E-state index is -2.64. The van der Waals surface area contributed by atoms with E-state index in [2.05, 4.69) is 6.92 Å². The Morgan fingerprint density at radius 2 is 1.79 bits per heavy atom. The number of benzene rings is 1. The molecule has 3 aliphatic rings. The van der Waals surface area contributed by atoms with Gasteiger partial charge in [-0.25, -0.2) is 0 Å². The van der Waals surface area contributed by atoms with Gasteiger partial charge in [0.2, 0.25) is 5.78 Å². The molecule has 0 aromatic heterocycles. The SMILES string of the molecule is CCCCCc1cc(N(C)C)c2c(c1O)C(O)=C1C(=O)[C@]3(O)C(O)=C(C(N)=O)C(=O)[C@H](N(C)C)[C@@H]3C[C@@H]1C2. The van der Waals surface area contributed by atoms with Crippen LogP contribution in [0.1, 0.15) is 49.3 Å². The molecule has 0 spiro atoms. The first-order valence-electron chi connectivity index (χ1n) is 13.0. The smallest absolute Gasteiger partial charge is 0.255 e. The summed E-state index contributed by atoms with van der Waals surface area (Å²) in [6, 6.07) is 0.805. The number of Topliss-reactive ketones (excluding diaryl/α,β-unsaturated/α-hetero) is 2. The summed E-state index contributed by atoms with van der Waals surface area (Å²) in [5.41, 5.74) is 4.02. The van der Waals surface area contributed by atoms with Crippen molar-refractivity contribution in [2.75, 3.05) is 33.1 Å². The molecule has 1 amide bonds. The average molecular weight is 528 g/mol. The Bertz CT molecular complexity index is 1280. The van der Waals surface area contributed by atoms with E-state index in [1.165, 1.54) is 4.90 Å². The molecule has 0 heterocycles. The summed E-state index contributed by atoms with van der Waals surface area (Å²) < 4.78 is 0. The van der Waals surface area contributed by atoms with Gasteiger partial charge in [0, 0.05) is 31.3 Å². The summed E-state index contributed by atoms with van der Waals surface area (Å²) in [6.07, 6.45) is 3.72. The third kappa shape index (κ3) is 3.89. The minimum absolute atomic E-state index is 0.0671. The molecule has 3 aliphatic carbocycles. The Morgan fingerprint density at radius 3 is 2.34 bits per heavy atom. The number of aromatic hydroxyl groups is 1. The van der Waals surface area contributed by atoms with Crippen LogP contribution in [0.2, 0.25) is 0 Å². The highest BCUT2D eigenvalue weighted by Gasteiger charge is 2.64. The Labute approximate surface area is 222 Å². The van der Waals surface area contributed by atoms with Gasteiger partial charge >= 0.3 is 0 Å². The highest BCUT2D eigenvalue weighted by molar-refractivity contribution is 6.24. The number of carbonyl (C=O) groups is 3. The molecule has 1 aromatic rings. The van der Waals surface area contributed by atoms with Crippen LogP contribution in [0.3, 0.4) is 0 Å². The van der Waals surface area contributed by atoms with E-state index in [9.17, 15) is 34.8 Å². The summed E-state index contributed by atoms with van der Waals surface area (Å²) in [5.74, 6) is -6.36. The van der Waals surface area contributed by atoms with Crippen LogP contribution in [-0.4, -0.2) is 82.6 Å². The Balaban J connectivity index is 1.95. The van der Waals surface area contributed by atoms with E-state index in [0.29, 0.717) is 17.5 Å². The average Bonchev–Trinajstić information content (AvgIpc) is 2.82. The first-order valence-corrected chi connectivity index (χ1v) is 13.0. The van der Waals surface area contributed by atoms with E-state index < -0.39 is 58.0 Å². The fourth-order valence-corrected chi connectivity index (χ4v) is 6.50. The van der Waals surface area contributed by atoms with Gasteiger partial charge in [-0.15, -0.1) is 0 Å². The number of nitrogens with zero attached hydrogens (tertiary/aromatic N) is 2. The predicted molar refractivity (Wildman–Crippen MR) is 142 cm³/mol. The lowest BCUT2D eigenvalue weighted by atomic mass is 9.57. The number of ketones is 2. The van der Waals surface area contributed by atoms with Gasteiger partial charge < -0.3 is 31.1 Å². The normalized spacial score (nSPS) is 26.9. The van der Waals surface area contributed by atoms with Crippen LogP contribution in [0.4, 0.5) is 5.69 Å². The molecule has 0 unspecified atom stereocenters. The number of phenolic OH excluding ortho intramolecular Hbond substituents is 1. The molecule has 38 heavy (non-hydrogen) atoms. The van der Waals surface area contributed by atoms with Crippen molar-refractivity contribution in [1.82, 2.24) is 4.90 Å². The van der Waals surface area contributed by atoms with Crippen molar-refractivity contribution in [3.8, 4) is 5.75 Å². The summed E-state index contributed by atoms with van der Waals surface area (Å²) in [5, 5.41) is 45.4. The number of unbranched alkanes of at least 4 members (excludes halogenated alkanes) is 2. The number of nitrogens with two attached hydrogens (primary N) is 1. The zero-order chi connectivity index (χ0) is 28.3. The van der Waals surface area contributed by atoms with Crippen molar-refractivity contribution < 1.29 is 34.8 Å². The standard InChI is InChI=1S/C28H37N3O7/c1-6-7-8-9-13-12-17(30(2)3)15-10-14-11-16-21(31(4)5)24(34)20(27(29)37)26(36)28(16,38)25(35)18(14)23(33)19(15)22(13)32/h12,14,16,21,32-33,36,38H,6-11H2,1-5H3,(H2,29,37)/t14-,16-,21+,28-/m0/s1. The number of hydrogen-bond acceptors (Lipinski definition) is 9. The third-order valence-corrected chi connectivity index (χ3v) is 8.31. The van der Waals surface area contributed by atoms with Crippen molar-refractivity contribution in [2.45, 2.75) is 57.1 Å². The van der Waals surface area contributed by atoms with Gasteiger partial charge in [-0.2, -0.15) is 0 Å². The van der Waals surface area contributed by atoms with Crippen molar-refractivity contribution in [1.29, 1.82) is 0 Å². The zero-order valence-electron chi connectivity index (χ0n) is 22.5. The van der Waals surface area contributed by atoms with Gasteiger partial charge in [0.15, 0.2) is 11.4 Å². The number of amides is 1. The number of carbonyl (C=O) groups excluding carboxylic acids is 3. The number of fused-ring (bicyclic) bond motifs is 3. The van der Waals surface area contributed by atoms with Crippen LogP contribution >= 0.6 is 0 Å². The number of aliphatic hydroxyl groups excluding tert-OH is 2. The first kappa shape index (κ1) is 27.7. The summed E-state index contributed by atoms with van der Waals surface area (Å²) in [6.45, 7) is 2.08. The number of phenols is 1. The van der Waals surface area contributed by atoms with Crippen molar-refractivity contribution in [3.63, 3.8) is 0 Å². The fourth-order valence-electron chi connectivity index (χ4n) is 6.50. The molecule has 10 nitrogen and oxygen atoms in total. The lowest BCUT2D eigenvalue weighted by Crippen LogP contribution is -2.65. The number of aryl methyl sites for hydroxylation is 1. The quantitative estimate of drug-likeness (QED) is 0.262. The van der Waals surface area contributed by atoms with Gasteiger partial charge in [0.1, 0.15) is 22.8 Å². The number of primary amides is 1. The Hall–Kier alpha value is -3.37. The van der Waals surface area contributed by atoms with Crippen LogP contribution in [-0.2, 0) is 27.2 Å². The monoisotopic (exact) mass is 527 g/mol. The Morgan fingerprint density at radius 1 is 1.13 bits per heavy atom. The van der Waals surface area contributed by atoms with E-state index in [0.717, 1.165) is 24.9 Å². The minimum Gasteiger partial charge on any atom is -0.508 e. The predicted octanol–water partition coefficient (Wildman–Crippen LogP) is 1.76. The molecular weight excluding hydrogens is 490 g/mol. The maximum absolute atomic E-state index is 14.0. The molecule has 0 aliphatic heterocycles. The van der Waals surface area contributed by atoms with Crippen molar-refractivity contribution >= 4 is 28.9 Å². The van der Waals surface area contributed by atoms with Crippen molar-refractivity contribution in [2.24, 2.45) is 17.6 Å². The Kier molecular flexibility index (Phi) is 7.09. The second-order valence-electron chi connectivity index (χ2n) is 11.1. The molecule has 0 bridgehead atoms. The number of likely N-dealkylation sites (N-methyl/N-ethyl adjacent to an activating group) is 1. The second kappa shape index (κ2) is 9.74. The molecule has 0 saturated heterocycles. The first-order chi connectivity index (χ1) is 17.8. The highest BCUT2D eigenvalue weighted by atomic mass is 16.3. The van der Waals surface area contributed by atoms with E-state index in [4.69, 9.17) is 5.73 Å². The molecule has 4 atom stereocenters. The molecule has 6 N–H and O–H groups in total. The van der Waals surface area contributed by atoms with Gasteiger partial charge in [0.25, 0.3) is 5.91 Å².